The predicted molar refractivity (Wildman–Crippen MR) is 91.2 cm³/mol. The number of amides is 1. The van der Waals surface area contributed by atoms with Gasteiger partial charge in [-0.15, -0.1) is 11.3 Å². The van der Waals surface area contributed by atoms with Crippen molar-refractivity contribution in [2.24, 2.45) is 5.10 Å². The van der Waals surface area contributed by atoms with Gasteiger partial charge in [0.1, 0.15) is 0 Å². The van der Waals surface area contributed by atoms with E-state index in [1.165, 1.54) is 11.3 Å². The maximum absolute atomic E-state index is 11.8. The van der Waals surface area contributed by atoms with E-state index in [0.717, 1.165) is 10.0 Å². The lowest BCUT2D eigenvalue weighted by molar-refractivity contribution is 0.0959. The van der Waals surface area contributed by atoms with Crippen LogP contribution < -0.4 is 14.9 Å². The summed E-state index contributed by atoms with van der Waals surface area (Å²) in [6.45, 7) is 2.45. The van der Waals surface area contributed by atoms with Gasteiger partial charge in [-0.2, -0.15) is 5.10 Å². The minimum absolute atomic E-state index is 0.233. The first-order valence-corrected chi connectivity index (χ1v) is 8.20. The summed E-state index contributed by atoms with van der Waals surface area (Å²) in [6.07, 6.45) is 1.55. The molecular formula is C15H15BrN2O3S. The standard InChI is InChI=1S/C15H15BrN2O3S/c1-3-21-14-11(16)7-10(8-12(14)20-2)9-17-18-15(19)13-5-4-6-22-13/h4-9H,3H2,1-2H3,(H,18,19)/b17-9+. The zero-order valence-corrected chi connectivity index (χ0v) is 14.5. The molecule has 0 aliphatic heterocycles. The lowest BCUT2D eigenvalue weighted by Crippen LogP contribution is -2.16. The Morgan fingerprint density at radius 1 is 1.50 bits per heavy atom. The van der Waals surface area contributed by atoms with Gasteiger partial charge in [-0.3, -0.25) is 4.79 Å². The molecule has 0 bridgehead atoms. The number of halogens is 1. The van der Waals surface area contributed by atoms with E-state index in [1.807, 2.05) is 24.4 Å². The number of nitrogens with zero attached hydrogens (tertiary/aromatic N) is 1. The fourth-order valence-electron chi connectivity index (χ4n) is 1.73. The van der Waals surface area contributed by atoms with Crippen LogP contribution in [0.3, 0.4) is 0 Å². The second-order valence-corrected chi connectivity index (χ2v) is 5.95. The molecule has 22 heavy (non-hydrogen) atoms. The van der Waals surface area contributed by atoms with Gasteiger partial charge in [0, 0.05) is 0 Å². The van der Waals surface area contributed by atoms with Crippen LogP contribution in [0.5, 0.6) is 11.5 Å². The quantitative estimate of drug-likeness (QED) is 0.612. The maximum atomic E-state index is 11.8. The highest BCUT2D eigenvalue weighted by atomic mass is 79.9. The fourth-order valence-corrected chi connectivity index (χ4v) is 2.91. The molecule has 0 saturated heterocycles. The lowest BCUT2D eigenvalue weighted by Gasteiger charge is -2.11. The minimum atomic E-state index is -0.233. The molecule has 2 aromatic rings. The summed E-state index contributed by atoms with van der Waals surface area (Å²) >= 11 is 4.80. The molecule has 116 valence electrons. The van der Waals surface area contributed by atoms with Crippen LogP contribution in [0.2, 0.25) is 0 Å². The van der Waals surface area contributed by atoms with Gasteiger partial charge < -0.3 is 9.47 Å². The van der Waals surface area contributed by atoms with Crippen LogP contribution in [-0.2, 0) is 0 Å². The molecule has 1 amide bonds. The summed E-state index contributed by atoms with van der Waals surface area (Å²) in [5.74, 6) is 1.01. The topological polar surface area (TPSA) is 59.9 Å². The monoisotopic (exact) mass is 382 g/mol. The number of hydrazone groups is 1. The number of methoxy groups -OCH3 is 1. The van der Waals surface area contributed by atoms with Gasteiger partial charge in [0.05, 0.1) is 29.3 Å². The third kappa shape index (κ3) is 4.08. The lowest BCUT2D eigenvalue weighted by atomic mass is 10.2. The zero-order chi connectivity index (χ0) is 15.9. The van der Waals surface area contributed by atoms with E-state index in [4.69, 9.17) is 9.47 Å². The summed E-state index contributed by atoms with van der Waals surface area (Å²) < 4.78 is 11.6. The summed E-state index contributed by atoms with van der Waals surface area (Å²) in [5, 5.41) is 5.79. The second kappa shape index (κ2) is 7.95. The van der Waals surface area contributed by atoms with Gasteiger partial charge in [-0.25, -0.2) is 5.43 Å². The second-order valence-electron chi connectivity index (χ2n) is 4.14. The Hall–Kier alpha value is -1.86. The van der Waals surface area contributed by atoms with Crippen LogP contribution in [0.15, 0.2) is 39.2 Å². The molecule has 0 saturated carbocycles. The van der Waals surface area contributed by atoms with Crippen LogP contribution in [0.4, 0.5) is 0 Å². The average molecular weight is 383 g/mol. The highest BCUT2D eigenvalue weighted by molar-refractivity contribution is 9.10. The van der Waals surface area contributed by atoms with Crippen molar-refractivity contribution in [3.8, 4) is 11.5 Å². The molecule has 5 nitrogen and oxygen atoms in total. The van der Waals surface area contributed by atoms with Gasteiger partial charge in [0.15, 0.2) is 11.5 Å². The van der Waals surface area contributed by atoms with Crippen molar-refractivity contribution < 1.29 is 14.3 Å². The van der Waals surface area contributed by atoms with E-state index in [1.54, 1.807) is 25.5 Å². The van der Waals surface area contributed by atoms with E-state index < -0.39 is 0 Å². The summed E-state index contributed by atoms with van der Waals surface area (Å²) in [6, 6.07) is 7.19. The fraction of sp³-hybridized carbons (Fsp3) is 0.200. The third-order valence-corrected chi connectivity index (χ3v) is 4.12. The first kappa shape index (κ1) is 16.5. The van der Waals surface area contributed by atoms with Crippen molar-refractivity contribution in [3.63, 3.8) is 0 Å². The molecule has 0 unspecified atom stereocenters. The summed E-state index contributed by atoms with van der Waals surface area (Å²) in [4.78, 5) is 12.4. The van der Waals surface area contributed by atoms with Crippen LogP contribution in [0.25, 0.3) is 0 Å². The maximum Gasteiger partial charge on any atom is 0.281 e. The molecule has 1 aromatic heterocycles. The van der Waals surface area contributed by atoms with Crippen LogP contribution in [0, 0.1) is 0 Å². The minimum Gasteiger partial charge on any atom is -0.493 e. The van der Waals surface area contributed by atoms with Crippen LogP contribution >= 0.6 is 27.3 Å². The first-order valence-electron chi connectivity index (χ1n) is 6.53. The highest BCUT2D eigenvalue weighted by Crippen LogP contribution is 2.36. The molecule has 0 spiro atoms. The molecule has 0 radical (unpaired) electrons. The number of rotatable bonds is 6. The zero-order valence-electron chi connectivity index (χ0n) is 12.1. The predicted octanol–water partition coefficient (Wildman–Crippen LogP) is 3.68. The Labute approximate surface area is 141 Å². The number of nitrogens with one attached hydrogen (secondary N) is 1. The van der Waals surface area contributed by atoms with Crippen molar-refractivity contribution in [1.29, 1.82) is 0 Å². The molecule has 1 N–H and O–H groups in total. The van der Waals surface area contributed by atoms with E-state index >= 15 is 0 Å². The smallest absolute Gasteiger partial charge is 0.281 e. The normalized spacial score (nSPS) is 10.7. The highest BCUT2D eigenvalue weighted by Gasteiger charge is 2.10. The molecule has 0 fully saturated rings. The Bertz CT molecular complexity index is 672. The SMILES string of the molecule is CCOc1c(Br)cc(/C=N/NC(=O)c2cccs2)cc1OC. The van der Waals surface area contributed by atoms with Crippen molar-refractivity contribution >= 4 is 39.4 Å². The van der Waals surface area contributed by atoms with Crippen LogP contribution in [-0.4, -0.2) is 25.8 Å². The van der Waals surface area contributed by atoms with Crippen molar-refractivity contribution in [2.45, 2.75) is 6.92 Å². The number of thiophene rings is 1. The van der Waals surface area contributed by atoms with Gasteiger partial charge in [0.25, 0.3) is 5.91 Å². The van der Waals surface area contributed by atoms with E-state index in [0.29, 0.717) is 23.0 Å². The largest absolute Gasteiger partial charge is 0.493 e. The van der Waals surface area contributed by atoms with Gasteiger partial charge in [0.2, 0.25) is 0 Å². The molecule has 7 heteroatoms. The molecule has 1 heterocycles. The number of hydrogen-bond acceptors (Lipinski definition) is 5. The van der Waals surface area contributed by atoms with Gasteiger partial charge in [-0.1, -0.05) is 6.07 Å². The molecule has 0 aliphatic rings. The van der Waals surface area contributed by atoms with Gasteiger partial charge >= 0.3 is 0 Å². The van der Waals surface area contributed by atoms with Crippen molar-refractivity contribution in [3.05, 3.63) is 44.6 Å². The molecule has 0 aliphatic carbocycles. The van der Waals surface area contributed by atoms with Gasteiger partial charge in [-0.05, 0) is 52.0 Å². The first-order chi connectivity index (χ1) is 10.7. The van der Waals surface area contributed by atoms with E-state index in [9.17, 15) is 4.79 Å². The van der Waals surface area contributed by atoms with E-state index in [-0.39, 0.29) is 5.91 Å². The number of ether oxygens (including phenoxy) is 2. The summed E-state index contributed by atoms with van der Waals surface area (Å²) in [5.41, 5.74) is 3.26. The number of carbonyl (C=O) groups excluding carboxylic acids is 1. The number of carbonyl (C=O) groups is 1. The molecular weight excluding hydrogens is 368 g/mol. The summed E-state index contributed by atoms with van der Waals surface area (Å²) in [7, 11) is 1.57. The third-order valence-electron chi connectivity index (χ3n) is 2.67. The molecule has 1 aromatic carbocycles. The van der Waals surface area contributed by atoms with E-state index in [2.05, 4.69) is 26.5 Å². The Kier molecular flexibility index (Phi) is 5.97. The average Bonchev–Trinajstić information content (AvgIpc) is 3.04. The Morgan fingerprint density at radius 2 is 2.32 bits per heavy atom. The Balaban J connectivity index is 2.11. The van der Waals surface area contributed by atoms with Crippen molar-refractivity contribution in [1.82, 2.24) is 5.43 Å². The number of hydrogen-bond donors (Lipinski definition) is 1. The Morgan fingerprint density at radius 3 is 2.95 bits per heavy atom. The molecule has 0 atom stereocenters. The van der Waals surface area contributed by atoms with Crippen molar-refractivity contribution in [2.75, 3.05) is 13.7 Å². The van der Waals surface area contributed by atoms with Crippen LogP contribution in [0.1, 0.15) is 22.2 Å². The molecule has 2 rings (SSSR count). The number of benzene rings is 1.